The van der Waals surface area contributed by atoms with E-state index in [0.29, 0.717) is 18.7 Å². The summed E-state index contributed by atoms with van der Waals surface area (Å²) in [7, 11) is 0. The number of carbonyl (C=O) groups is 1. The first-order valence-electron chi connectivity index (χ1n) is 9.19. The average molecular weight is 352 g/mol. The van der Waals surface area contributed by atoms with Crippen molar-refractivity contribution in [3.63, 3.8) is 0 Å². The van der Waals surface area contributed by atoms with Crippen LogP contribution < -0.4 is 10.1 Å². The van der Waals surface area contributed by atoms with Crippen LogP contribution in [0.5, 0.6) is 5.88 Å². The van der Waals surface area contributed by atoms with Gasteiger partial charge in [-0.3, -0.25) is 4.79 Å². The lowest BCUT2D eigenvalue weighted by Gasteiger charge is -2.30. The van der Waals surface area contributed by atoms with E-state index in [1.807, 2.05) is 18.2 Å². The summed E-state index contributed by atoms with van der Waals surface area (Å²) in [4.78, 5) is 18.3. The standard InChI is InChI=1S/C20H24N4O2/c1-2-16-8-9-17(13-21)24(16)20(25)14-23-15-6-10-18(11-7-15)26-19-5-3-4-12-22-19/h1,3-5,12,15-18,23H,6-11,14H2/t15?,16-,17+,18?/m1/s1. The lowest BCUT2D eigenvalue weighted by Crippen LogP contribution is -2.47. The van der Waals surface area contributed by atoms with Gasteiger partial charge in [-0.05, 0) is 44.6 Å². The van der Waals surface area contributed by atoms with E-state index in [4.69, 9.17) is 11.2 Å². The van der Waals surface area contributed by atoms with Gasteiger partial charge in [0.2, 0.25) is 11.8 Å². The summed E-state index contributed by atoms with van der Waals surface area (Å²) in [5, 5.41) is 12.5. The number of aromatic nitrogens is 1. The van der Waals surface area contributed by atoms with Crippen LogP contribution in [0.25, 0.3) is 0 Å². The molecule has 2 aliphatic rings. The fraction of sp³-hybridized carbons (Fsp3) is 0.550. The van der Waals surface area contributed by atoms with Crippen molar-refractivity contribution < 1.29 is 9.53 Å². The van der Waals surface area contributed by atoms with Gasteiger partial charge in [-0.25, -0.2) is 4.98 Å². The Balaban J connectivity index is 1.43. The Bertz CT molecular complexity index is 664. The van der Waals surface area contributed by atoms with Gasteiger partial charge in [0, 0.05) is 18.3 Å². The van der Waals surface area contributed by atoms with Crippen LogP contribution in [-0.2, 0) is 4.79 Å². The third-order valence-electron chi connectivity index (χ3n) is 5.16. The monoisotopic (exact) mass is 352 g/mol. The molecule has 0 spiro atoms. The summed E-state index contributed by atoms with van der Waals surface area (Å²) in [5.74, 6) is 3.21. The number of terminal acetylenes is 1. The smallest absolute Gasteiger partial charge is 0.238 e. The Morgan fingerprint density at radius 3 is 2.69 bits per heavy atom. The molecule has 2 heterocycles. The number of nitrogens with one attached hydrogen (secondary N) is 1. The third-order valence-corrected chi connectivity index (χ3v) is 5.16. The van der Waals surface area contributed by atoms with Crippen LogP contribution in [0.15, 0.2) is 24.4 Å². The number of hydrogen-bond donors (Lipinski definition) is 1. The van der Waals surface area contributed by atoms with Crippen molar-refractivity contribution in [3.05, 3.63) is 24.4 Å². The molecule has 1 aromatic heterocycles. The maximum Gasteiger partial charge on any atom is 0.238 e. The first kappa shape index (κ1) is 18.2. The molecule has 2 atom stereocenters. The predicted molar refractivity (Wildman–Crippen MR) is 97.0 cm³/mol. The quantitative estimate of drug-likeness (QED) is 0.819. The number of hydrogen-bond acceptors (Lipinski definition) is 5. The summed E-state index contributed by atoms with van der Waals surface area (Å²) < 4.78 is 5.90. The molecule has 3 rings (SSSR count). The number of ether oxygens (including phenoxy) is 1. The van der Waals surface area contributed by atoms with Gasteiger partial charge in [-0.15, -0.1) is 6.42 Å². The third kappa shape index (κ3) is 4.33. The Morgan fingerprint density at radius 2 is 2.04 bits per heavy atom. The second-order valence-corrected chi connectivity index (χ2v) is 6.85. The largest absolute Gasteiger partial charge is 0.474 e. The fourth-order valence-electron chi connectivity index (χ4n) is 3.74. The number of nitrogens with zero attached hydrogens (tertiary/aromatic N) is 3. The van der Waals surface area contributed by atoms with Crippen molar-refractivity contribution in [2.75, 3.05) is 6.54 Å². The molecule has 1 aliphatic heterocycles. The molecule has 1 saturated heterocycles. The lowest BCUT2D eigenvalue weighted by atomic mass is 9.93. The maximum absolute atomic E-state index is 12.5. The van der Waals surface area contributed by atoms with Crippen LogP contribution in [0.3, 0.4) is 0 Å². The molecule has 6 nitrogen and oxygen atoms in total. The summed E-state index contributed by atoms with van der Waals surface area (Å²) in [5.41, 5.74) is 0. The van der Waals surface area contributed by atoms with Crippen LogP contribution in [-0.4, -0.2) is 46.6 Å². The van der Waals surface area contributed by atoms with Crippen LogP contribution in [0, 0.1) is 23.7 Å². The second-order valence-electron chi connectivity index (χ2n) is 6.85. The first-order valence-corrected chi connectivity index (χ1v) is 9.19. The fourth-order valence-corrected chi connectivity index (χ4v) is 3.74. The van der Waals surface area contributed by atoms with Gasteiger partial charge in [-0.1, -0.05) is 12.0 Å². The van der Waals surface area contributed by atoms with Crippen molar-refractivity contribution in [2.24, 2.45) is 0 Å². The molecule has 1 aliphatic carbocycles. The average Bonchev–Trinajstić information content (AvgIpc) is 3.11. The van der Waals surface area contributed by atoms with Crippen molar-refractivity contribution in [1.29, 1.82) is 5.26 Å². The van der Waals surface area contributed by atoms with Gasteiger partial charge >= 0.3 is 0 Å². The Labute approximate surface area is 154 Å². The van der Waals surface area contributed by atoms with E-state index in [1.165, 1.54) is 0 Å². The SMILES string of the molecule is C#C[C@@H]1CC[C@@H](C#N)N1C(=O)CNC1CCC(Oc2ccccn2)CC1. The van der Waals surface area contributed by atoms with Crippen molar-refractivity contribution in [1.82, 2.24) is 15.2 Å². The zero-order valence-electron chi connectivity index (χ0n) is 14.8. The maximum atomic E-state index is 12.5. The second kappa shape index (κ2) is 8.69. The van der Waals surface area contributed by atoms with Gasteiger partial charge in [0.1, 0.15) is 12.1 Å². The number of likely N-dealkylation sites (tertiary alicyclic amines) is 1. The molecule has 1 amide bonds. The lowest BCUT2D eigenvalue weighted by molar-refractivity contribution is -0.131. The summed E-state index contributed by atoms with van der Waals surface area (Å²) in [6.07, 6.45) is 12.5. The van der Waals surface area contributed by atoms with Crippen LogP contribution in [0.1, 0.15) is 38.5 Å². The molecule has 1 saturated carbocycles. The molecule has 1 aromatic rings. The Morgan fingerprint density at radius 1 is 1.27 bits per heavy atom. The minimum absolute atomic E-state index is 0.0798. The number of nitriles is 1. The van der Waals surface area contributed by atoms with E-state index in [1.54, 1.807) is 11.1 Å². The van der Waals surface area contributed by atoms with E-state index < -0.39 is 6.04 Å². The summed E-state index contributed by atoms with van der Waals surface area (Å²) in [6, 6.07) is 7.47. The molecular formula is C20H24N4O2. The molecule has 0 aromatic carbocycles. The van der Waals surface area contributed by atoms with E-state index in [0.717, 1.165) is 25.7 Å². The van der Waals surface area contributed by atoms with Crippen molar-refractivity contribution >= 4 is 5.91 Å². The number of rotatable bonds is 5. The van der Waals surface area contributed by atoms with E-state index in [2.05, 4.69) is 22.3 Å². The molecule has 1 N–H and O–H groups in total. The van der Waals surface area contributed by atoms with Gasteiger partial charge in [-0.2, -0.15) is 5.26 Å². The van der Waals surface area contributed by atoms with E-state index in [9.17, 15) is 10.1 Å². The topological polar surface area (TPSA) is 78.2 Å². The predicted octanol–water partition coefficient (Wildman–Crippen LogP) is 1.88. The highest BCUT2D eigenvalue weighted by Gasteiger charge is 2.36. The molecule has 26 heavy (non-hydrogen) atoms. The molecule has 0 bridgehead atoms. The van der Waals surface area contributed by atoms with Crippen LogP contribution in [0.2, 0.25) is 0 Å². The summed E-state index contributed by atoms with van der Waals surface area (Å²) >= 11 is 0. The van der Waals surface area contributed by atoms with Crippen LogP contribution in [0.4, 0.5) is 0 Å². The zero-order chi connectivity index (χ0) is 18.4. The Hall–Kier alpha value is -2.57. The minimum atomic E-state index is -0.396. The number of pyridine rings is 1. The molecular weight excluding hydrogens is 328 g/mol. The zero-order valence-corrected chi connectivity index (χ0v) is 14.8. The highest BCUT2D eigenvalue weighted by Crippen LogP contribution is 2.25. The molecule has 136 valence electrons. The van der Waals surface area contributed by atoms with E-state index >= 15 is 0 Å². The van der Waals surface area contributed by atoms with Crippen molar-refractivity contribution in [3.8, 4) is 24.3 Å². The first-order chi connectivity index (χ1) is 12.7. The van der Waals surface area contributed by atoms with Crippen molar-refractivity contribution in [2.45, 2.75) is 62.8 Å². The van der Waals surface area contributed by atoms with E-state index in [-0.39, 0.29) is 30.6 Å². The molecule has 2 fully saturated rings. The minimum Gasteiger partial charge on any atom is -0.474 e. The number of carbonyl (C=O) groups excluding carboxylic acids is 1. The van der Waals surface area contributed by atoms with Crippen LogP contribution >= 0.6 is 0 Å². The Kier molecular flexibility index (Phi) is 6.09. The molecule has 0 unspecified atom stereocenters. The highest BCUT2D eigenvalue weighted by molar-refractivity contribution is 5.80. The number of amides is 1. The highest BCUT2D eigenvalue weighted by atomic mass is 16.5. The van der Waals surface area contributed by atoms with Gasteiger partial charge in [0.15, 0.2) is 0 Å². The molecule has 0 radical (unpaired) electrons. The van der Waals surface area contributed by atoms with Gasteiger partial charge in [0.05, 0.1) is 18.7 Å². The van der Waals surface area contributed by atoms with Gasteiger partial charge in [0.25, 0.3) is 0 Å². The summed E-state index contributed by atoms with van der Waals surface area (Å²) in [6.45, 7) is 0.229. The molecule has 6 heteroatoms. The van der Waals surface area contributed by atoms with Gasteiger partial charge < -0.3 is 15.0 Å². The normalized spacial score (nSPS) is 28.2.